The predicted molar refractivity (Wildman–Crippen MR) is 58.0 cm³/mol. The van der Waals surface area contributed by atoms with E-state index in [0.29, 0.717) is 12.3 Å². The van der Waals surface area contributed by atoms with Gasteiger partial charge in [-0.25, -0.2) is 0 Å². The van der Waals surface area contributed by atoms with Crippen molar-refractivity contribution in [1.29, 1.82) is 0 Å². The molecule has 0 fully saturated rings. The number of ether oxygens (including phenoxy) is 1. The summed E-state index contributed by atoms with van der Waals surface area (Å²) in [7, 11) is 0. The number of carbonyl (C=O) groups is 1. The molecule has 0 radical (unpaired) electrons. The van der Waals surface area contributed by atoms with E-state index in [1.165, 1.54) is 0 Å². The molecule has 2 aromatic rings. The zero-order valence-corrected chi connectivity index (χ0v) is 8.41. The van der Waals surface area contributed by atoms with Crippen molar-refractivity contribution in [3.63, 3.8) is 0 Å². The van der Waals surface area contributed by atoms with Crippen LogP contribution in [0.1, 0.15) is 17.4 Å². The van der Waals surface area contributed by atoms with E-state index in [1.807, 2.05) is 25.1 Å². The summed E-state index contributed by atoms with van der Waals surface area (Å²) < 4.78 is 5.35. The van der Waals surface area contributed by atoms with E-state index in [2.05, 4.69) is 4.98 Å². The lowest BCUT2D eigenvalue weighted by atomic mass is 10.2. The van der Waals surface area contributed by atoms with Crippen LogP contribution in [0.4, 0.5) is 0 Å². The van der Waals surface area contributed by atoms with Crippen molar-refractivity contribution < 1.29 is 9.53 Å². The fourth-order valence-corrected chi connectivity index (χ4v) is 1.50. The van der Waals surface area contributed by atoms with E-state index in [1.54, 1.807) is 6.07 Å². The smallest absolute Gasteiger partial charge is 0.265 e. The average molecular weight is 204 g/mol. The second-order valence-corrected chi connectivity index (χ2v) is 3.23. The van der Waals surface area contributed by atoms with Gasteiger partial charge in [0.15, 0.2) is 0 Å². The Balaban J connectivity index is 2.47. The molecule has 2 rings (SSSR count). The number of fused-ring (bicyclic) bond motifs is 1. The number of benzene rings is 1. The van der Waals surface area contributed by atoms with Gasteiger partial charge in [-0.15, -0.1) is 0 Å². The number of nitrogens with two attached hydrogens (primary N) is 1. The van der Waals surface area contributed by atoms with Crippen molar-refractivity contribution in [2.45, 2.75) is 6.92 Å². The zero-order chi connectivity index (χ0) is 10.8. The molecule has 1 amide bonds. The summed E-state index contributed by atoms with van der Waals surface area (Å²) in [5, 5.41) is 0.926. The van der Waals surface area contributed by atoms with Crippen LogP contribution < -0.4 is 10.5 Å². The SMILES string of the molecule is CCOc1ccc2[nH]c(C(N)=O)cc2c1. The topological polar surface area (TPSA) is 68.1 Å². The molecule has 0 unspecified atom stereocenters. The number of aromatic nitrogens is 1. The molecule has 0 saturated heterocycles. The van der Waals surface area contributed by atoms with E-state index >= 15 is 0 Å². The van der Waals surface area contributed by atoms with E-state index in [-0.39, 0.29) is 0 Å². The molecular formula is C11H12N2O2. The Morgan fingerprint density at radius 2 is 2.27 bits per heavy atom. The molecular weight excluding hydrogens is 192 g/mol. The predicted octanol–water partition coefficient (Wildman–Crippen LogP) is 1.67. The summed E-state index contributed by atoms with van der Waals surface area (Å²) in [5.41, 5.74) is 6.47. The van der Waals surface area contributed by atoms with Gasteiger partial charge in [0.1, 0.15) is 11.4 Å². The van der Waals surface area contributed by atoms with Gasteiger partial charge in [-0.3, -0.25) is 4.79 Å². The number of aromatic amines is 1. The lowest BCUT2D eigenvalue weighted by Crippen LogP contribution is -2.10. The van der Waals surface area contributed by atoms with Crippen LogP contribution in [-0.2, 0) is 0 Å². The summed E-state index contributed by atoms with van der Waals surface area (Å²) >= 11 is 0. The van der Waals surface area contributed by atoms with Crippen LogP contribution in [0.2, 0.25) is 0 Å². The maximum Gasteiger partial charge on any atom is 0.265 e. The third-order valence-electron chi connectivity index (χ3n) is 2.17. The average Bonchev–Trinajstić information content (AvgIpc) is 2.61. The standard InChI is InChI=1S/C11H12N2O2/c1-2-15-8-3-4-9-7(5-8)6-10(13-9)11(12)14/h3-6,13H,2H2,1H3,(H2,12,14). The minimum absolute atomic E-state index is 0.415. The van der Waals surface area contributed by atoms with E-state index in [0.717, 1.165) is 16.7 Å². The molecule has 1 aromatic heterocycles. The highest BCUT2D eigenvalue weighted by molar-refractivity contribution is 5.97. The van der Waals surface area contributed by atoms with Crippen molar-refractivity contribution in [3.05, 3.63) is 30.0 Å². The normalized spacial score (nSPS) is 10.5. The lowest BCUT2D eigenvalue weighted by molar-refractivity contribution is 0.0996. The molecule has 0 aliphatic rings. The number of hydrogen-bond acceptors (Lipinski definition) is 2. The molecule has 15 heavy (non-hydrogen) atoms. The molecule has 0 spiro atoms. The number of nitrogens with one attached hydrogen (secondary N) is 1. The summed E-state index contributed by atoms with van der Waals surface area (Å²) in [4.78, 5) is 13.9. The number of hydrogen-bond donors (Lipinski definition) is 2. The summed E-state index contributed by atoms with van der Waals surface area (Å²) in [6.07, 6.45) is 0. The van der Waals surface area contributed by atoms with Gasteiger partial charge in [-0.1, -0.05) is 0 Å². The fourth-order valence-electron chi connectivity index (χ4n) is 1.50. The van der Waals surface area contributed by atoms with E-state index in [9.17, 15) is 4.79 Å². The Morgan fingerprint density at radius 1 is 1.47 bits per heavy atom. The van der Waals surface area contributed by atoms with Crippen LogP contribution in [0.25, 0.3) is 10.9 Å². The van der Waals surface area contributed by atoms with Crippen LogP contribution in [-0.4, -0.2) is 17.5 Å². The van der Waals surface area contributed by atoms with Crippen molar-refractivity contribution in [3.8, 4) is 5.75 Å². The Bertz CT molecular complexity index is 502. The first-order chi connectivity index (χ1) is 7.20. The van der Waals surface area contributed by atoms with Gasteiger partial charge in [0, 0.05) is 10.9 Å². The van der Waals surface area contributed by atoms with Gasteiger partial charge in [0.05, 0.1) is 6.61 Å². The van der Waals surface area contributed by atoms with Crippen LogP contribution in [0.5, 0.6) is 5.75 Å². The quantitative estimate of drug-likeness (QED) is 0.798. The van der Waals surface area contributed by atoms with Crippen molar-refractivity contribution >= 4 is 16.8 Å². The van der Waals surface area contributed by atoms with Gasteiger partial charge < -0.3 is 15.5 Å². The molecule has 3 N–H and O–H groups in total. The molecule has 4 nitrogen and oxygen atoms in total. The minimum Gasteiger partial charge on any atom is -0.494 e. The number of carbonyl (C=O) groups excluding carboxylic acids is 1. The first kappa shape index (κ1) is 9.58. The molecule has 0 aliphatic carbocycles. The van der Waals surface area contributed by atoms with E-state index in [4.69, 9.17) is 10.5 Å². The number of primary amides is 1. The van der Waals surface area contributed by atoms with Gasteiger partial charge in [0.2, 0.25) is 0 Å². The Morgan fingerprint density at radius 3 is 2.93 bits per heavy atom. The number of rotatable bonds is 3. The second-order valence-electron chi connectivity index (χ2n) is 3.23. The van der Waals surface area contributed by atoms with Gasteiger partial charge in [0.25, 0.3) is 5.91 Å². The molecule has 0 bridgehead atoms. The van der Waals surface area contributed by atoms with Crippen LogP contribution in [0, 0.1) is 0 Å². The first-order valence-corrected chi connectivity index (χ1v) is 4.76. The first-order valence-electron chi connectivity index (χ1n) is 4.76. The summed E-state index contributed by atoms with van der Waals surface area (Å²) in [6, 6.07) is 7.32. The third-order valence-corrected chi connectivity index (χ3v) is 2.17. The largest absolute Gasteiger partial charge is 0.494 e. The summed E-state index contributed by atoms with van der Waals surface area (Å²) in [5.74, 6) is 0.337. The number of amides is 1. The summed E-state index contributed by atoms with van der Waals surface area (Å²) in [6.45, 7) is 2.55. The molecule has 1 heterocycles. The van der Waals surface area contributed by atoms with E-state index < -0.39 is 5.91 Å². The third kappa shape index (κ3) is 1.79. The van der Waals surface area contributed by atoms with Gasteiger partial charge >= 0.3 is 0 Å². The van der Waals surface area contributed by atoms with Gasteiger partial charge in [-0.2, -0.15) is 0 Å². The Labute approximate surface area is 87.0 Å². The molecule has 4 heteroatoms. The molecule has 1 aromatic carbocycles. The Kier molecular flexibility index (Phi) is 2.33. The number of H-pyrrole nitrogens is 1. The molecule has 78 valence electrons. The molecule has 0 atom stereocenters. The zero-order valence-electron chi connectivity index (χ0n) is 8.41. The maximum atomic E-state index is 10.9. The highest BCUT2D eigenvalue weighted by Gasteiger charge is 2.05. The monoisotopic (exact) mass is 204 g/mol. The van der Waals surface area contributed by atoms with Crippen molar-refractivity contribution in [1.82, 2.24) is 4.98 Å². The molecule has 0 aliphatic heterocycles. The molecule has 0 saturated carbocycles. The minimum atomic E-state index is -0.454. The second kappa shape index (κ2) is 3.65. The van der Waals surface area contributed by atoms with Crippen LogP contribution in [0.3, 0.4) is 0 Å². The highest BCUT2D eigenvalue weighted by Crippen LogP contribution is 2.21. The lowest BCUT2D eigenvalue weighted by Gasteiger charge is -2.01. The van der Waals surface area contributed by atoms with Gasteiger partial charge in [-0.05, 0) is 31.2 Å². The van der Waals surface area contributed by atoms with Crippen LogP contribution in [0.15, 0.2) is 24.3 Å². The van der Waals surface area contributed by atoms with Crippen LogP contribution >= 0.6 is 0 Å². The maximum absolute atomic E-state index is 10.9. The fraction of sp³-hybridized carbons (Fsp3) is 0.182. The van der Waals surface area contributed by atoms with Crippen molar-refractivity contribution in [2.75, 3.05) is 6.61 Å². The van der Waals surface area contributed by atoms with Crippen molar-refractivity contribution in [2.24, 2.45) is 5.73 Å². The highest BCUT2D eigenvalue weighted by atomic mass is 16.5. The Hall–Kier alpha value is -1.97.